The third-order valence-corrected chi connectivity index (χ3v) is 2.89. The van der Waals surface area contributed by atoms with Crippen molar-refractivity contribution in [2.75, 3.05) is 6.54 Å². The standard InChI is InChI=1S/C10H12BrN3O/c1-2-10(15,7-13-14-12)8-3-5-9(11)6-4-8/h3-6,15H,2,7H2,1H3/t10-/m0/s1. The maximum Gasteiger partial charge on any atom is 0.0950 e. The first-order chi connectivity index (χ1) is 7.12. The van der Waals surface area contributed by atoms with Crippen LogP contribution >= 0.6 is 15.9 Å². The summed E-state index contributed by atoms with van der Waals surface area (Å²) < 4.78 is 0.952. The normalized spacial score (nSPS) is 14.1. The second-order valence-corrected chi connectivity index (χ2v) is 4.20. The quantitative estimate of drug-likeness (QED) is 0.508. The predicted molar refractivity (Wildman–Crippen MR) is 62.3 cm³/mol. The summed E-state index contributed by atoms with van der Waals surface area (Å²) in [6, 6.07) is 7.35. The van der Waals surface area contributed by atoms with Gasteiger partial charge in [-0.05, 0) is 29.6 Å². The van der Waals surface area contributed by atoms with Crippen molar-refractivity contribution in [3.8, 4) is 0 Å². The molecule has 0 aromatic heterocycles. The Bertz CT molecular complexity index is 373. The molecule has 4 nitrogen and oxygen atoms in total. The molecule has 1 N–H and O–H groups in total. The molecule has 0 spiro atoms. The van der Waals surface area contributed by atoms with E-state index in [1.807, 2.05) is 31.2 Å². The summed E-state index contributed by atoms with van der Waals surface area (Å²) in [5.41, 5.74) is 7.96. The Hall–Kier alpha value is -1.03. The predicted octanol–water partition coefficient (Wildman–Crippen LogP) is 3.36. The molecule has 0 heterocycles. The molecular formula is C10H12BrN3O. The minimum Gasteiger partial charge on any atom is -0.385 e. The number of aliphatic hydroxyl groups is 1. The van der Waals surface area contributed by atoms with E-state index in [0.29, 0.717) is 6.42 Å². The molecule has 0 bridgehead atoms. The Labute approximate surface area is 96.7 Å². The first-order valence-electron chi connectivity index (χ1n) is 4.61. The monoisotopic (exact) mass is 269 g/mol. The highest BCUT2D eigenvalue weighted by molar-refractivity contribution is 9.10. The van der Waals surface area contributed by atoms with Crippen LogP contribution in [0.1, 0.15) is 18.9 Å². The van der Waals surface area contributed by atoms with Crippen LogP contribution in [-0.2, 0) is 5.60 Å². The van der Waals surface area contributed by atoms with Crippen molar-refractivity contribution in [1.29, 1.82) is 0 Å². The van der Waals surface area contributed by atoms with Gasteiger partial charge in [-0.25, -0.2) is 0 Å². The fourth-order valence-corrected chi connectivity index (χ4v) is 1.58. The van der Waals surface area contributed by atoms with E-state index in [-0.39, 0.29) is 6.54 Å². The van der Waals surface area contributed by atoms with Crippen molar-refractivity contribution in [2.24, 2.45) is 5.11 Å². The molecule has 1 aromatic carbocycles. The molecule has 80 valence electrons. The van der Waals surface area contributed by atoms with Crippen LogP contribution in [0.3, 0.4) is 0 Å². The third-order valence-electron chi connectivity index (χ3n) is 2.36. The number of benzene rings is 1. The summed E-state index contributed by atoms with van der Waals surface area (Å²) in [6.07, 6.45) is 0.508. The molecule has 0 amide bonds. The van der Waals surface area contributed by atoms with Gasteiger partial charge in [-0.1, -0.05) is 40.1 Å². The topological polar surface area (TPSA) is 69.0 Å². The Balaban J connectivity index is 2.99. The number of hydrogen-bond acceptors (Lipinski definition) is 2. The fraction of sp³-hybridized carbons (Fsp3) is 0.400. The molecule has 0 fully saturated rings. The summed E-state index contributed by atoms with van der Waals surface area (Å²) in [7, 11) is 0. The van der Waals surface area contributed by atoms with Gasteiger partial charge < -0.3 is 5.11 Å². The van der Waals surface area contributed by atoms with Crippen molar-refractivity contribution < 1.29 is 5.11 Å². The van der Waals surface area contributed by atoms with Crippen LogP contribution in [0.5, 0.6) is 0 Å². The highest BCUT2D eigenvalue weighted by Gasteiger charge is 2.25. The molecule has 15 heavy (non-hydrogen) atoms. The Kier molecular flexibility index (Phi) is 4.15. The average Bonchev–Trinajstić information content (AvgIpc) is 2.27. The first kappa shape index (κ1) is 12.0. The number of nitrogens with zero attached hydrogens (tertiary/aromatic N) is 3. The van der Waals surface area contributed by atoms with Gasteiger partial charge in [0, 0.05) is 9.38 Å². The zero-order chi connectivity index (χ0) is 11.3. The lowest BCUT2D eigenvalue weighted by Crippen LogP contribution is -2.28. The lowest BCUT2D eigenvalue weighted by atomic mass is 9.91. The lowest BCUT2D eigenvalue weighted by molar-refractivity contribution is 0.0420. The second kappa shape index (κ2) is 5.16. The van der Waals surface area contributed by atoms with E-state index in [9.17, 15) is 5.11 Å². The minimum atomic E-state index is -1.06. The molecule has 0 aliphatic carbocycles. The van der Waals surface area contributed by atoms with Gasteiger partial charge in [-0.2, -0.15) is 0 Å². The third kappa shape index (κ3) is 2.96. The van der Waals surface area contributed by atoms with Crippen LogP contribution < -0.4 is 0 Å². The van der Waals surface area contributed by atoms with Crippen LogP contribution in [-0.4, -0.2) is 11.7 Å². The van der Waals surface area contributed by atoms with Gasteiger partial charge in [0.2, 0.25) is 0 Å². The molecule has 1 atom stereocenters. The van der Waals surface area contributed by atoms with Crippen molar-refractivity contribution in [1.82, 2.24) is 0 Å². The molecular weight excluding hydrogens is 258 g/mol. The van der Waals surface area contributed by atoms with Gasteiger partial charge in [-0.3, -0.25) is 0 Å². The average molecular weight is 270 g/mol. The highest BCUT2D eigenvalue weighted by atomic mass is 79.9. The van der Waals surface area contributed by atoms with Crippen LogP contribution in [0.4, 0.5) is 0 Å². The molecule has 5 heteroatoms. The number of rotatable bonds is 4. The highest BCUT2D eigenvalue weighted by Crippen LogP contribution is 2.26. The van der Waals surface area contributed by atoms with Crippen LogP contribution in [0.2, 0.25) is 0 Å². The van der Waals surface area contributed by atoms with Gasteiger partial charge in [0.15, 0.2) is 0 Å². The fourth-order valence-electron chi connectivity index (χ4n) is 1.32. The number of hydrogen-bond donors (Lipinski definition) is 1. The van der Waals surface area contributed by atoms with Crippen LogP contribution in [0.25, 0.3) is 10.4 Å². The molecule has 1 rings (SSSR count). The molecule has 0 unspecified atom stereocenters. The van der Waals surface area contributed by atoms with Crippen molar-refractivity contribution >= 4 is 15.9 Å². The maximum absolute atomic E-state index is 10.2. The Morgan fingerprint density at radius 3 is 2.53 bits per heavy atom. The first-order valence-corrected chi connectivity index (χ1v) is 5.41. The summed E-state index contributed by atoms with van der Waals surface area (Å²) in [5, 5.41) is 13.7. The van der Waals surface area contributed by atoms with E-state index >= 15 is 0 Å². The zero-order valence-corrected chi connectivity index (χ0v) is 9.98. The molecule has 0 aliphatic rings. The van der Waals surface area contributed by atoms with Crippen molar-refractivity contribution in [2.45, 2.75) is 18.9 Å². The molecule has 0 radical (unpaired) electrons. The van der Waals surface area contributed by atoms with E-state index < -0.39 is 5.60 Å². The van der Waals surface area contributed by atoms with E-state index in [1.54, 1.807) is 0 Å². The smallest absolute Gasteiger partial charge is 0.0950 e. The Morgan fingerprint density at radius 1 is 1.47 bits per heavy atom. The van der Waals surface area contributed by atoms with E-state index in [1.165, 1.54) is 0 Å². The molecule has 0 aliphatic heterocycles. The zero-order valence-electron chi connectivity index (χ0n) is 8.39. The minimum absolute atomic E-state index is 0.0572. The number of azide groups is 1. The summed E-state index contributed by atoms with van der Waals surface area (Å²) in [5.74, 6) is 0. The molecule has 0 saturated heterocycles. The van der Waals surface area contributed by atoms with Gasteiger partial charge in [0.25, 0.3) is 0 Å². The number of halogens is 1. The summed E-state index contributed by atoms with van der Waals surface area (Å²) in [6.45, 7) is 1.91. The largest absolute Gasteiger partial charge is 0.385 e. The molecule has 0 saturated carbocycles. The van der Waals surface area contributed by atoms with Crippen LogP contribution in [0, 0.1) is 0 Å². The van der Waals surface area contributed by atoms with Crippen molar-refractivity contribution in [3.63, 3.8) is 0 Å². The summed E-state index contributed by atoms with van der Waals surface area (Å²) in [4.78, 5) is 2.67. The van der Waals surface area contributed by atoms with E-state index in [0.717, 1.165) is 10.0 Å². The van der Waals surface area contributed by atoms with Gasteiger partial charge in [0.1, 0.15) is 0 Å². The SMILES string of the molecule is CC[C@](O)(CN=[N+]=[N-])c1ccc(Br)cc1. The molecule has 1 aromatic rings. The van der Waals surface area contributed by atoms with Gasteiger partial charge in [-0.15, -0.1) is 0 Å². The maximum atomic E-state index is 10.2. The lowest BCUT2D eigenvalue weighted by Gasteiger charge is -2.25. The van der Waals surface area contributed by atoms with Gasteiger partial charge >= 0.3 is 0 Å². The van der Waals surface area contributed by atoms with E-state index in [2.05, 4.69) is 26.0 Å². The van der Waals surface area contributed by atoms with Crippen molar-refractivity contribution in [3.05, 3.63) is 44.7 Å². The Morgan fingerprint density at radius 2 is 2.07 bits per heavy atom. The van der Waals surface area contributed by atoms with Crippen LogP contribution in [0.15, 0.2) is 33.9 Å². The van der Waals surface area contributed by atoms with Gasteiger partial charge in [0.05, 0.1) is 12.1 Å². The van der Waals surface area contributed by atoms with E-state index in [4.69, 9.17) is 5.53 Å². The summed E-state index contributed by atoms with van der Waals surface area (Å²) >= 11 is 3.32. The second-order valence-electron chi connectivity index (χ2n) is 3.28.